The number of nitrogens with one attached hydrogen (secondary N) is 1. The molecule has 1 heterocycles. The van der Waals surface area contributed by atoms with Crippen LogP contribution < -0.4 is 5.32 Å². The molecule has 90 valence electrons. The maximum absolute atomic E-state index is 12.3. The normalized spacial score (nSPS) is 22.0. The van der Waals surface area contributed by atoms with Crippen LogP contribution in [-0.2, 0) is 4.79 Å². The van der Waals surface area contributed by atoms with Gasteiger partial charge in [-0.25, -0.2) is 0 Å². The first-order valence-electron chi connectivity index (χ1n) is 5.98. The van der Waals surface area contributed by atoms with E-state index in [1.54, 1.807) is 23.9 Å². The highest BCUT2D eigenvalue weighted by Gasteiger charge is 2.43. The molecule has 0 saturated heterocycles. The highest BCUT2D eigenvalue weighted by Crippen LogP contribution is 2.48. The van der Waals surface area contributed by atoms with Gasteiger partial charge in [-0.15, -0.1) is 11.8 Å². The van der Waals surface area contributed by atoms with Crippen LogP contribution in [-0.4, -0.2) is 16.8 Å². The van der Waals surface area contributed by atoms with E-state index in [0.29, 0.717) is 0 Å². The van der Waals surface area contributed by atoms with Crippen LogP contribution in [0, 0.1) is 5.41 Å². The van der Waals surface area contributed by atoms with Crippen LogP contribution in [0.5, 0.6) is 5.75 Å². The third-order valence-electron chi connectivity index (χ3n) is 3.78. The number of phenolic OH excluding ortho intramolecular Hbond substituents is 1. The van der Waals surface area contributed by atoms with E-state index in [9.17, 15) is 9.90 Å². The van der Waals surface area contributed by atoms with Gasteiger partial charge in [0.1, 0.15) is 5.75 Å². The zero-order valence-electron chi connectivity index (χ0n) is 9.53. The number of amides is 1. The summed E-state index contributed by atoms with van der Waals surface area (Å²) in [6, 6.07) is 5.29. The summed E-state index contributed by atoms with van der Waals surface area (Å²) in [5.74, 6) is 1.18. The van der Waals surface area contributed by atoms with Crippen LogP contribution in [0.2, 0.25) is 0 Å². The molecule has 1 fully saturated rings. The lowest BCUT2D eigenvalue weighted by molar-refractivity contribution is -0.124. The number of hydrogen-bond donors (Lipinski definition) is 2. The van der Waals surface area contributed by atoms with Crippen LogP contribution in [0.25, 0.3) is 0 Å². The first-order valence-corrected chi connectivity index (χ1v) is 6.96. The molecule has 1 spiro atoms. The average molecular weight is 249 g/mol. The van der Waals surface area contributed by atoms with E-state index >= 15 is 0 Å². The van der Waals surface area contributed by atoms with E-state index < -0.39 is 0 Å². The second-order valence-electron chi connectivity index (χ2n) is 4.88. The maximum Gasteiger partial charge on any atom is 0.231 e. The zero-order chi connectivity index (χ0) is 11.9. The Kier molecular flexibility index (Phi) is 2.54. The monoisotopic (exact) mass is 249 g/mol. The third kappa shape index (κ3) is 1.71. The van der Waals surface area contributed by atoms with Crippen molar-refractivity contribution in [2.24, 2.45) is 5.41 Å². The minimum absolute atomic E-state index is 0.131. The van der Waals surface area contributed by atoms with Crippen molar-refractivity contribution in [1.82, 2.24) is 0 Å². The molecule has 3 rings (SSSR count). The van der Waals surface area contributed by atoms with Crippen LogP contribution >= 0.6 is 11.8 Å². The Balaban J connectivity index is 1.99. The summed E-state index contributed by atoms with van der Waals surface area (Å²) in [7, 11) is 0. The van der Waals surface area contributed by atoms with Gasteiger partial charge in [0.15, 0.2) is 0 Å². The first-order chi connectivity index (χ1) is 8.21. The minimum atomic E-state index is -0.212. The van der Waals surface area contributed by atoms with Crippen molar-refractivity contribution in [1.29, 1.82) is 0 Å². The van der Waals surface area contributed by atoms with Gasteiger partial charge in [-0.05, 0) is 25.0 Å². The average Bonchev–Trinajstić information content (AvgIpc) is 2.72. The van der Waals surface area contributed by atoms with E-state index in [1.807, 2.05) is 6.07 Å². The number of phenols is 1. The van der Waals surface area contributed by atoms with Crippen molar-refractivity contribution >= 4 is 23.4 Å². The molecule has 1 amide bonds. The fourth-order valence-electron chi connectivity index (χ4n) is 2.73. The molecule has 3 nitrogen and oxygen atoms in total. The fourth-order valence-corrected chi connectivity index (χ4v) is 4.06. The molecule has 0 aromatic heterocycles. The maximum atomic E-state index is 12.3. The van der Waals surface area contributed by atoms with Crippen LogP contribution in [0.15, 0.2) is 23.1 Å². The number of benzene rings is 1. The quantitative estimate of drug-likeness (QED) is 0.743. The van der Waals surface area contributed by atoms with E-state index in [-0.39, 0.29) is 17.1 Å². The van der Waals surface area contributed by atoms with Crippen molar-refractivity contribution in [2.45, 2.75) is 30.6 Å². The number of fused-ring (bicyclic) bond motifs is 1. The van der Waals surface area contributed by atoms with Gasteiger partial charge >= 0.3 is 0 Å². The highest BCUT2D eigenvalue weighted by molar-refractivity contribution is 7.99. The molecule has 2 aliphatic rings. The minimum Gasteiger partial charge on any atom is -0.507 e. The van der Waals surface area contributed by atoms with E-state index in [2.05, 4.69) is 5.32 Å². The molecule has 0 unspecified atom stereocenters. The van der Waals surface area contributed by atoms with Gasteiger partial charge in [-0.3, -0.25) is 4.79 Å². The fraction of sp³-hybridized carbons (Fsp3) is 0.462. The molecule has 1 saturated carbocycles. The van der Waals surface area contributed by atoms with Crippen molar-refractivity contribution in [3.05, 3.63) is 18.2 Å². The smallest absolute Gasteiger partial charge is 0.231 e. The number of rotatable bonds is 0. The van der Waals surface area contributed by atoms with Crippen LogP contribution in [0.3, 0.4) is 0 Å². The van der Waals surface area contributed by atoms with Crippen molar-refractivity contribution in [3.63, 3.8) is 0 Å². The first kappa shape index (κ1) is 11.0. The van der Waals surface area contributed by atoms with Gasteiger partial charge in [-0.1, -0.05) is 18.9 Å². The Morgan fingerprint density at radius 1 is 1.29 bits per heavy atom. The lowest BCUT2D eigenvalue weighted by Gasteiger charge is -2.24. The SMILES string of the molecule is O=C1Nc2cccc(O)c2SCC12CCCC2. The number of aromatic hydroxyl groups is 1. The Bertz CT molecular complexity index is 466. The van der Waals surface area contributed by atoms with Gasteiger partial charge in [-0.2, -0.15) is 0 Å². The molecule has 0 bridgehead atoms. The van der Waals surface area contributed by atoms with E-state index in [1.165, 1.54) is 0 Å². The van der Waals surface area contributed by atoms with E-state index in [4.69, 9.17) is 0 Å². The molecule has 0 radical (unpaired) electrons. The molecule has 1 aromatic rings. The molecule has 17 heavy (non-hydrogen) atoms. The van der Waals surface area contributed by atoms with Gasteiger partial charge in [0.25, 0.3) is 0 Å². The number of carbonyl (C=O) groups is 1. The number of anilines is 1. The zero-order valence-corrected chi connectivity index (χ0v) is 10.3. The summed E-state index contributed by atoms with van der Waals surface area (Å²) < 4.78 is 0. The predicted molar refractivity (Wildman–Crippen MR) is 68.4 cm³/mol. The summed E-state index contributed by atoms with van der Waals surface area (Å²) >= 11 is 1.60. The van der Waals surface area contributed by atoms with Crippen LogP contribution in [0.1, 0.15) is 25.7 Å². The Labute approximate surface area is 105 Å². The van der Waals surface area contributed by atoms with Gasteiger partial charge in [0.05, 0.1) is 16.0 Å². The molecule has 2 N–H and O–H groups in total. The topological polar surface area (TPSA) is 49.3 Å². The van der Waals surface area contributed by atoms with Crippen molar-refractivity contribution in [2.75, 3.05) is 11.1 Å². The lowest BCUT2D eigenvalue weighted by atomic mass is 9.87. The Morgan fingerprint density at radius 3 is 2.82 bits per heavy atom. The second-order valence-corrected chi connectivity index (χ2v) is 5.87. The summed E-state index contributed by atoms with van der Waals surface area (Å²) in [4.78, 5) is 13.1. The summed E-state index contributed by atoms with van der Waals surface area (Å²) in [5, 5.41) is 12.8. The summed E-state index contributed by atoms with van der Waals surface area (Å²) in [6.45, 7) is 0. The number of thioether (sulfide) groups is 1. The molecule has 1 aliphatic heterocycles. The highest BCUT2D eigenvalue weighted by atomic mass is 32.2. The van der Waals surface area contributed by atoms with Crippen LogP contribution in [0.4, 0.5) is 5.69 Å². The lowest BCUT2D eigenvalue weighted by Crippen LogP contribution is -2.34. The van der Waals surface area contributed by atoms with Crippen molar-refractivity contribution in [3.8, 4) is 5.75 Å². The Morgan fingerprint density at radius 2 is 2.06 bits per heavy atom. The van der Waals surface area contributed by atoms with Gasteiger partial charge < -0.3 is 10.4 Å². The Hall–Kier alpha value is -1.16. The largest absolute Gasteiger partial charge is 0.507 e. The predicted octanol–water partition coefficient (Wildman–Crippen LogP) is 3.00. The molecule has 0 atom stereocenters. The summed E-state index contributed by atoms with van der Waals surface area (Å²) in [6.07, 6.45) is 4.22. The molecule has 4 heteroatoms. The van der Waals surface area contributed by atoms with Crippen molar-refractivity contribution < 1.29 is 9.90 Å². The second kappa shape index (κ2) is 3.95. The standard InChI is InChI=1S/C13H15NO2S/c15-10-5-3-4-9-11(10)17-8-13(12(16)14-9)6-1-2-7-13/h3-5,15H,1-2,6-8H2,(H,14,16). The third-order valence-corrected chi connectivity index (χ3v) is 5.19. The number of carbonyl (C=O) groups excluding carboxylic acids is 1. The van der Waals surface area contributed by atoms with Gasteiger partial charge in [0, 0.05) is 5.75 Å². The molecular formula is C13H15NO2S. The van der Waals surface area contributed by atoms with E-state index in [0.717, 1.165) is 42.0 Å². The molecular weight excluding hydrogens is 234 g/mol. The van der Waals surface area contributed by atoms with Gasteiger partial charge in [0.2, 0.25) is 5.91 Å². The summed E-state index contributed by atoms with van der Waals surface area (Å²) in [5.41, 5.74) is 0.541. The molecule has 1 aromatic carbocycles. The number of hydrogen-bond acceptors (Lipinski definition) is 3. The molecule has 1 aliphatic carbocycles.